The van der Waals surface area contributed by atoms with E-state index in [0.29, 0.717) is 63.9 Å². The Bertz CT molecular complexity index is 2930. The number of fused-ring (bicyclic) bond motifs is 2. The molecule has 4 amide bonds. The van der Waals surface area contributed by atoms with Gasteiger partial charge in [-0.25, -0.2) is 19.6 Å². The number of benzene rings is 3. The van der Waals surface area contributed by atoms with Gasteiger partial charge >= 0.3 is 19.2 Å². The summed E-state index contributed by atoms with van der Waals surface area (Å²) in [5.74, 6) is -0.132. The topological polar surface area (TPSA) is 175 Å². The van der Waals surface area contributed by atoms with Gasteiger partial charge in [-0.3, -0.25) is 29.3 Å². The molecule has 0 radical (unpaired) electrons. The molecule has 0 bridgehead atoms. The highest BCUT2D eigenvalue weighted by Gasteiger charge is 2.45. The Morgan fingerprint density at radius 1 is 0.679 bits per heavy atom. The van der Waals surface area contributed by atoms with Crippen LogP contribution in [0.25, 0.3) is 0 Å². The minimum Gasteiger partial charge on any atom is -0.445 e. The van der Waals surface area contributed by atoms with Crippen molar-refractivity contribution in [3.05, 3.63) is 172 Å². The Balaban J connectivity index is 0.000000189. The molecular weight excluding hydrogens is 1080 g/mol. The number of carbonyl (C=O) groups excluding carboxylic acids is 4. The number of imidazole rings is 2. The van der Waals surface area contributed by atoms with Gasteiger partial charge in [-0.05, 0) is 107 Å². The molecule has 5 aliphatic rings. The van der Waals surface area contributed by atoms with Crippen LogP contribution in [0, 0.1) is 0 Å². The number of halogens is 2. The Morgan fingerprint density at radius 3 is 1.78 bits per heavy atom. The van der Waals surface area contributed by atoms with Gasteiger partial charge in [0.2, 0.25) is 11.8 Å². The number of pyridine rings is 1. The lowest BCUT2D eigenvalue weighted by Gasteiger charge is -2.44. The van der Waals surface area contributed by atoms with Crippen LogP contribution in [-0.4, -0.2) is 166 Å². The van der Waals surface area contributed by atoms with E-state index < -0.39 is 31.3 Å². The van der Waals surface area contributed by atoms with Crippen LogP contribution in [0.4, 0.5) is 9.59 Å². The monoisotopic (exact) mass is 1140 g/mol. The molecule has 4 saturated heterocycles. The number of aromatic nitrogens is 5. The smallest absolute Gasteiger partial charge is 0.410 e. The number of hydrogen-bond acceptors (Lipinski definition) is 12. The van der Waals surface area contributed by atoms with E-state index in [0.717, 1.165) is 65.4 Å². The van der Waals surface area contributed by atoms with E-state index in [9.17, 15) is 24.2 Å². The number of piperazine rings is 2. The average molecular weight is 1140 g/mol. The molecule has 0 saturated carbocycles. The van der Waals surface area contributed by atoms with Gasteiger partial charge in [0.25, 0.3) is 0 Å². The first-order chi connectivity index (χ1) is 38.0. The van der Waals surface area contributed by atoms with Crippen molar-refractivity contribution in [1.29, 1.82) is 0 Å². The van der Waals surface area contributed by atoms with Gasteiger partial charge in [-0.15, -0.1) is 0 Å². The van der Waals surface area contributed by atoms with Crippen molar-refractivity contribution in [2.45, 2.75) is 102 Å². The molecule has 78 heavy (non-hydrogen) atoms. The fourth-order valence-corrected chi connectivity index (χ4v) is 12.3. The number of aryl methyl sites for hydroxylation is 2. The first kappa shape index (κ1) is 54.8. The first-order valence-electron chi connectivity index (χ1n) is 27.0. The lowest BCUT2D eigenvalue weighted by atomic mass is 9.83. The molecule has 1 N–H and O–H groups in total. The van der Waals surface area contributed by atoms with Gasteiger partial charge in [0.05, 0.1) is 24.4 Å². The second-order valence-corrected chi connectivity index (χ2v) is 22.1. The summed E-state index contributed by atoms with van der Waals surface area (Å²) in [5.41, 5.74) is 6.27. The molecule has 3 aromatic heterocycles. The van der Waals surface area contributed by atoms with E-state index >= 15 is 0 Å². The van der Waals surface area contributed by atoms with Crippen LogP contribution in [0.2, 0.25) is 11.8 Å². The molecule has 5 atom stereocenters. The average Bonchev–Trinajstić information content (AvgIpc) is 4.35. The maximum Gasteiger partial charge on any atom is 0.410 e. The normalized spacial score (nSPS) is 21.5. The molecule has 3 aromatic carbocycles. The maximum atomic E-state index is 14.6. The van der Waals surface area contributed by atoms with Crippen molar-refractivity contribution in [2.75, 3.05) is 52.4 Å². The molecule has 11 rings (SSSR count). The summed E-state index contributed by atoms with van der Waals surface area (Å²) in [4.78, 5) is 79.3. The molecule has 6 aromatic rings. The molecule has 1 aliphatic carbocycles. The quantitative estimate of drug-likeness (QED) is 0.122. The van der Waals surface area contributed by atoms with Crippen LogP contribution in [0.1, 0.15) is 65.2 Å². The number of hydrogen-bond donors (Lipinski definition) is 1. The molecule has 18 nitrogen and oxygen atoms in total. The number of likely N-dealkylation sites (tertiary alicyclic amines) is 2. The summed E-state index contributed by atoms with van der Waals surface area (Å²) in [7, 11) is -0.687. The Kier molecular flexibility index (Phi) is 17.9. The van der Waals surface area contributed by atoms with Crippen LogP contribution in [0.5, 0.6) is 0 Å². The lowest BCUT2D eigenvalue weighted by molar-refractivity contribution is -0.140. The molecule has 4 aliphatic heterocycles. The zero-order valence-corrected chi connectivity index (χ0v) is 46.2. The van der Waals surface area contributed by atoms with Crippen LogP contribution >= 0.6 is 27.5 Å². The van der Waals surface area contributed by atoms with Crippen molar-refractivity contribution >= 4 is 58.6 Å². The van der Waals surface area contributed by atoms with Crippen molar-refractivity contribution in [1.82, 2.24) is 53.4 Å². The van der Waals surface area contributed by atoms with Gasteiger partial charge in [0, 0.05) is 118 Å². The molecule has 0 spiro atoms. The highest BCUT2D eigenvalue weighted by molar-refractivity contribution is 9.10. The van der Waals surface area contributed by atoms with E-state index in [4.69, 9.17) is 26.1 Å². The fourth-order valence-electron chi connectivity index (χ4n) is 11.7. The van der Waals surface area contributed by atoms with Gasteiger partial charge in [0.1, 0.15) is 25.3 Å². The summed E-state index contributed by atoms with van der Waals surface area (Å²) in [6.45, 7) is 7.03. The second-order valence-electron chi connectivity index (χ2n) is 20.7. The number of ether oxygens (including phenoxy) is 2. The third-order valence-electron chi connectivity index (χ3n) is 15.7. The lowest BCUT2D eigenvalue weighted by Crippen LogP contribution is -2.63. The standard InChI is InChI=1S/C35H36BrClN6O3.C22H30BN5O4/c36-27-17-26-9-8-25-18-28(37)10-11-30(25)33(32(26)39-19-27)41-15-16-43(35(45)46-22-24-5-2-1-3-6-24)31(21-41)34(44)42-13-4-7-29(42)20-40-14-12-38-23-40;1-23(31)26-12-13-28(22(30)32-16-18-6-3-2-4-7-18)20(15-26)21(29)27-10-5-8-19(27)14-25-11-9-24-17-25/h1-3,5-6,10-12,14,17-19,23,29,31,33H,4,7-9,13,15-16,20-22H2;2-4,6-7,9,11,17,19-20,31H,5,8,10,12-16H2,1H3/t29-,31-,33?;19-,20-/m11/s1. The minimum absolute atomic E-state index is 0.0276. The first-order valence-corrected chi connectivity index (χ1v) is 28.2. The molecule has 1 unspecified atom stereocenters. The summed E-state index contributed by atoms with van der Waals surface area (Å²) in [6.07, 6.45) is 17.1. The van der Waals surface area contributed by atoms with Crippen molar-refractivity contribution in [2.24, 2.45) is 0 Å². The predicted molar refractivity (Wildman–Crippen MR) is 298 cm³/mol. The molecular formula is C57H66BBrClN11O7. The Labute approximate surface area is 469 Å². The summed E-state index contributed by atoms with van der Waals surface area (Å²) >= 11 is 10.1. The van der Waals surface area contributed by atoms with Crippen LogP contribution in [0.15, 0.2) is 133 Å². The Morgan fingerprint density at radius 2 is 1.23 bits per heavy atom. The summed E-state index contributed by atoms with van der Waals surface area (Å²) in [6, 6.07) is 25.8. The van der Waals surface area contributed by atoms with E-state index in [1.54, 1.807) is 36.8 Å². The highest BCUT2D eigenvalue weighted by atomic mass is 79.9. The molecule has 408 valence electrons. The second kappa shape index (κ2) is 25.5. The van der Waals surface area contributed by atoms with Crippen LogP contribution in [0.3, 0.4) is 0 Å². The third kappa shape index (κ3) is 13.0. The predicted octanol–water partition coefficient (Wildman–Crippen LogP) is 7.20. The minimum atomic E-state index is -0.710. The number of rotatable bonds is 12. The van der Waals surface area contributed by atoms with E-state index in [2.05, 4.69) is 49.0 Å². The number of carbonyl (C=O) groups is 4. The molecule has 4 fully saturated rings. The molecule has 21 heteroatoms. The largest absolute Gasteiger partial charge is 0.445 e. The number of amides is 4. The van der Waals surface area contributed by atoms with E-state index in [1.807, 2.05) is 109 Å². The van der Waals surface area contributed by atoms with Gasteiger partial charge in [-0.2, -0.15) is 0 Å². The van der Waals surface area contributed by atoms with E-state index in [1.165, 1.54) is 16.0 Å². The maximum absolute atomic E-state index is 14.6. The van der Waals surface area contributed by atoms with Gasteiger partial charge in [-0.1, -0.05) is 78.3 Å². The fraction of sp³-hybridized carbons (Fsp3) is 0.421. The zero-order chi connectivity index (χ0) is 54.1. The van der Waals surface area contributed by atoms with Crippen molar-refractivity contribution in [3.8, 4) is 0 Å². The van der Waals surface area contributed by atoms with Crippen LogP contribution < -0.4 is 0 Å². The van der Waals surface area contributed by atoms with Crippen molar-refractivity contribution < 1.29 is 33.7 Å². The Hall–Kier alpha value is -6.58. The molecule has 7 heterocycles. The van der Waals surface area contributed by atoms with Gasteiger partial charge < -0.3 is 38.2 Å². The summed E-state index contributed by atoms with van der Waals surface area (Å²) in [5, 5.41) is 10.8. The van der Waals surface area contributed by atoms with Gasteiger partial charge in [0.15, 0.2) is 0 Å². The van der Waals surface area contributed by atoms with Crippen molar-refractivity contribution in [3.63, 3.8) is 0 Å². The van der Waals surface area contributed by atoms with E-state index in [-0.39, 0.29) is 49.7 Å². The SMILES string of the molecule is CB(O)N1CCN(C(=O)OCc2ccccc2)[C@@H](C(=O)N2CCC[C@@H]2Cn2ccnc2)C1.O=C([C@H]1CN(C2c3ccc(Cl)cc3CCc3cc(Br)cnc32)CCN1C(=O)OCc1ccccc1)N1CCC[C@@H]1Cn1ccnc1. The zero-order valence-electron chi connectivity index (χ0n) is 43.9. The highest BCUT2D eigenvalue weighted by Crippen LogP contribution is 2.39. The number of nitrogens with zero attached hydrogens (tertiary/aromatic N) is 11. The summed E-state index contributed by atoms with van der Waals surface area (Å²) < 4.78 is 16.3. The third-order valence-corrected chi connectivity index (χ3v) is 16.4. The van der Waals surface area contributed by atoms with Crippen LogP contribution in [-0.2, 0) is 58.2 Å².